The van der Waals surface area contributed by atoms with Gasteiger partial charge in [-0.05, 0) is 6.42 Å². The van der Waals surface area contributed by atoms with Crippen molar-refractivity contribution in [3.05, 3.63) is 54.7 Å². The third-order valence-electron chi connectivity index (χ3n) is 3.98. The number of sulfone groups is 1. The number of nitrogens with one attached hydrogen (secondary N) is 2. The molecule has 1 aromatic carbocycles. The van der Waals surface area contributed by atoms with Gasteiger partial charge in [-0.3, -0.25) is 4.79 Å². The van der Waals surface area contributed by atoms with E-state index in [1.807, 2.05) is 30.3 Å². The average Bonchev–Trinajstić information content (AvgIpc) is 2.98. The number of carbonyl (C=O) groups excluding carboxylic acids is 1. The first-order valence-electron chi connectivity index (χ1n) is 8.27. The number of rotatable bonds is 6. The number of carbonyl (C=O) groups is 1. The first kappa shape index (κ1) is 18.1. The SMILES string of the molecule is C=CCNC(=O)c1cc(NC2CCS(=O)(=O)C2)nc(-c2ccccc2)n1. The van der Waals surface area contributed by atoms with E-state index in [9.17, 15) is 13.2 Å². The smallest absolute Gasteiger partial charge is 0.270 e. The van der Waals surface area contributed by atoms with Crippen LogP contribution in [0.15, 0.2) is 49.1 Å². The zero-order valence-electron chi connectivity index (χ0n) is 14.2. The number of hydrogen-bond acceptors (Lipinski definition) is 6. The van der Waals surface area contributed by atoms with Crippen molar-refractivity contribution in [3.8, 4) is 11.4 Å². The monoisotopic (exact) mass is 372 g/mol. The number of nitrogens with zero attached hydrogens (tertiary/aromatic N) is 2. The van der Waals surface area contributed by atoms with Gasteiger partial charge in [0.2, 0.25) is 0 Å². The lowest BCUT2D eigenvalue weighted by atomic mass is 10.2. The molecule has 2 heterocycles. The van der Waals surface area contributed by atoms with Crippen LogP contribution in [0.2, 0.25) is 0 Å². The Balaban J connectivity index is 1.92. The van der Waals surface area contributed by atoms with Crippen LogP contribution < -0.4 is 10.6 Å². The van der Waals surface area contributed by atoms with Crippen LogP contribution >= 0.6 is 0 Å². The molecule has 3 rings (SSSR count). The van der Waals surface area contributed by atoms with Gasteiger partial charge in [-0.2, -0.15) is 0 Å². The molecule has 0 bridgehead atoms. The highest BCUT2D eigenvalue weighted by Gasteiger charge is 2.28. The number of benzene rings is 1. The normalized spacial score (nSPS) is 18.2. The largest absolute Gasteiger partial charge is 0.366 e. The van der Waals surface area contributed by atoms with Crippen LogP contribution in [-0.4, -0.2) is 48.4 Å². The number of aromatic nitrogens is 2. The quantitative estimate of drug-likeness (QED) is 0.748. The molecule has 1 aliphatic rings. The first-order valence-corrected chi connectivity index (χ1v) is 10.1. The molecule has 1 aromatic heterocycles. The van der Waals surface area contributed by atoms with Gasteiger partial charge in [0.15, 0.2) is 15.7 Å². The zero-order chi connectivity index (χ0) is 18.6. The molecule has 1 aliphatic heterocycles. The molecule has 1 amide bonds. The second-order valence-corrected chi connectivity index (χ2v) is 8.30. The van der Waals surface area contributed by atoms with E-state index in [1.54, 1.807) is 6.08 Å². The Kier molecular flexibility index (Phi) is 5.32. The molecule has 2 aromatic rings. The summed E-state index contributed by atoms with van der Waals surface area (Å²) in [5, 5.41) is 5.82. The summed E-state index contributed by atoms with van der Waals surface area (Å²) in [5.74, 6) is 0.723. The van der Waals surface area contributed by atoms with Crippen LogP contribution in [0.25, 0.3) is 11.4 Å². The molecule has 0 aliphatic carbocycles. The summed E-state index contributed by atoms with van der Waals surface area (Å²) in [7, 11) is -3.01. The van der Waals surface area contributed by atoms with Crippen LogP contribution in [0.5, 0.6) is 0 Å². The van der Waals surface area contributed by atoms with E-state index < -0.39 is 9.84 Å². The fourth-order valence-electron chi connectivity index (χ4n) is 2.73. The van der Waals surface area contributed by atoms with E-state index in [4.69, 9.17) is 0 Å². The van der Waals surface area contributed by atoms with Crippen molar-refractivity contribution < 1.29 is 13.2 Å². The van der Waals surface area contributed by atoms with Gasteiger partial charge in [-0.15, -0.1) is 6.58 Å². The zero-order valence-corrected chi connectivity index (χ0v) is 15.0. The van der Waals surface area contributed by atoms with Crippen LogP contribution in [-0.2, 0) is 9.84 Å². The van der Waals surface area contributed by atoms with Gasteiger partial charge in [0.25, 0.3) is 5.91 Å². The highest BCUT2D eigenvalue weighted by atomic mass is 32.2. The van der Waals surface area contributed by atoms with Crippen molar-refractivity contribution in [1.29, 1.82) is 0 Å². The van der Waals surface area contributed by atoms with E-state index >= 15 is 0 Å². The van der Waals surface area contributed by atoms with Crippen molar-refractivity contribution in [2.45, 2.75) is 12.5 Å². The molecule has 26 heavy (non-hydrogen) atoms. The van der Waals surface area contributed by atoms with Crippen LogP contribution in [0, 0.1) is 0 Å². The van der Waals surface area contributed by atoms with Gasteiger partial charge in [0.05, 0.1) is 11.5 Å². The van der Waals surface area contributed by atoms with E-state index in [0.29, 0.717) is 24.6 Å². The lowest BCUT2D eigenvalue weighted by Gasteiger charge is -2.14. The van der Waals surface area contributed by atoms with E-state index in [-0.39, 0.29) is 29.1 Å². The van der Waals surface area contributed by atoms with Gasteiger partial charge < -0.3 is 10.6 Å². The van der Waals surface area contributed by atoms with Gasteiger partial charge in [-0.25, -0.2) is 18.4 Å². The van der Waals surface area contributed by atoms with Crippen molar-refractivity contribution >= 4 is 21.6 Å². The summed E-state index contributed by atoms with van der Waals surface area (Å²) in [6.07, 6.45) is 2.10. The van der Waals surface area contributed by atoms with E-state index in [2.05, 4.69) is 27.2 Å². The average molecular weight is 372 g/mol. The number of amides is 1. The summed E-state index contributed by atoms with van der Waals surface area (Å²) < 4.78 is 23.3. The Morgan fingerprint density at radius 1 is 1.27 bits per heavy atom. The summed E-state index contributed by atoms with van der Waals surface area (Å²) in [4.78, 5) is 21.1. The molecule has 2 N–H and O–H groups in total. The molecule has 136 valence electrons. The fourth-order valence-corrected chi connectivity index (χ4v) is 4.40. The second-order valence-electron chi connectivity index (χ2n) is 6.07. The lowest BCUT2D eigenvalue weighted by molar-refractivity contribution is 0.0953. The highest BCUT2D eigenvalue weighted by molar-refractivity contribution is 7.91. The third-order valence-corrected chi connectivity index (χ3v) is 5.75. The Labute approximate surface area is 152 Å². The molecular weight excluding hydrogens is 352 g/mol. The van der Waals surface area contributed by atoms with Gasteiger partial charge in [0.1, 0.15) is 11.5 Å². The molecule has 0 saturated carbocycles. The summed E-state index contributed by atoms with van der Waals surface area (Å²) in [6.45, 7) is 3.90. The highest BCUT2D eigenvalue weighted by Crippen LogP contribution is 2.21. The van der Waals surface area contributed by atoms with E-state index in [1.165, 1.54) is 6.07 Å². The van der Waals surface area contributed by atoms with Crippen LogP contribution in [0.1, 0.15) is 16.9 Å². The summed E-state index contributed by atoms with van der Waals surface area (Å²) in [5.41, 5.74) is 0.983. The summed E-state index contributed by atoms with van der Waals surface area (Å²) in [6, 6.07) is 10.6. The summed E-state index contributed by atoms with van der Waals surface area (Å²) >= 11 is 0. The fraction of sp³-hybridized carbons (Fsp3) is 0.278. The number of hydrogen-bond donors (Lipinski definition) is 2. The van der Waals surface area contributed by atoms with Gasteiger partial charge in [-0.1, -0.05) is 36.4 Å². The van der Waals surface area contributed by atoms with Crippen molar-refractivity contribution in [2.24, 2.45) is 0 Å². The van der Waals surface area contributed by atoms with Crippen molar-refractivity contribution in [2.75, 3.05) is 23.4 Å². The van der Waals surface area contributed by atoms with Crippen LogP contribution in [0.4, 0.5) is 5.82 Å². The maximum atomic E-state index is 12.3. The number of anilines is 1. The molecule has 1 atom stereocenters. The Morgan fingerprint density at radius 2 is 2.04 bits per heavy atom. The standard InChI is InChI=1S/C18H20N4O3S/c1-2-9-19-18(23)15-11-16(20-14-8-10-26(24,25)12-14)22-17(21-15)13-6-4-3-5-7-13/h2-7,11,14H,1,8-10,12H2,(H,19,23)(H,20,21,22). The molecule has 7 nitrogen and oxygen atoms in total. The maximum absolute atomic E-state index is 12.3. The minimum absolute atomic E-state index is 0.0651. The third kappa shape index (κ3) is 4.45. The molecule has 1 saturated heterocycles. The van der Waals surface area contributed by atoms with Gasteiger partial charge >= 0.3 is 0 Å². The lowest BCUT2D eigenvalue weighted by Crippen LogP contribution is -2.26. The minimum Gasteiger partial charge on any atom is -0.366 e. The maximum Gasteiger partial charge on any atom is 0.270 e. The van der Waals surface area contributed by atoms with Crippen LogP contribution in [0.3, 0.4) is 0 Å². The predicted molar refractivity (Wildman–Crippen MR) is 101 cm³/mol. The Morgan fingerprint density at radius 3 is 2.69 bits per heavy atom. The van der Waals surface area contributed by atoms with Crippen molar-refractivity contribution in [3.63, 3.8) is 0 Å². The molecule has 0 radical (unpaired) electrons. The Hall–Kier alpha value is -2.74. The minimum atomic E-state index is -3.01. The molecule has 0 spiro atoms. The first-order chi connectivity index (χ1) is 12.5. The Bertz CT molecular complexity index is 913. The van der Waals surface area contributed by atoms with Crippen molar-refractivity contribution in [1.82, 2.24) is 15.3 Å². The molecule has 1 fully saturated rings. The predicted octanol–water partition coefficient (Wildman–Crippen LogP) is 1.66. The topological polar surface area (TPSA) is 101 Å². The molecule has 1 unspecified atom stereocenters. The van der Waals surface area contributed by atoms with Gasteiger partial charge in [0, 0.05) is 24.2 Å². The van der Waals surface area contributed by atoms with E-state index in [0.717, 1.165) is 5.56 Å². The molecule has 8 heteroatoms. The second kappa shape index (κ2) is 7.65. The molecular formula is C18H20N4O3S.